The average molecular weight is 635 g/mol. The molecule has 0 unspecified atom stereocenters. The van der Waals surface area contributed by atoms with E-state index in [0.717, 1.165) is 11.4 Å². The molecule has 0 bridgehead atoms. The lowest BCUT2D eigenvalue weighted by molar-refractivity contribution is 1.13. The normalized spacial score (nSPS) is 12.0. The van der Waals surface area contributed by atoms with Crippen LogP contribution in [0.1, 0.15) is 0 Å². The van der Waals surface area contributed by atoms with Crippen molar-refractivity contribution < 1.29 is 0 Å². The second kappa shape index (κ2) is 10.4. The summed E-state index contributed by atoms with van der Waals surface area (Å²) < 4.78 is 4.88. The minimum absolute atomic E-state index is 1.14. The van der Waals surface area contributed by atoms with Crippen molar-refractivity contribution in [3.8, 4) is 22.5 Å². The van der Waals surface area contributed by atoms with Gasteiger partial charge in [-0.05, 0) is 92.0 Å². The molecule has 0 fully saturated rings. The van der Waals surface area contributed by atoms with Crippen LogP contribution in [0.2, 0.25) is 0 Å². The van der Waals surface area contributed by atoms with Crippen molar-refractivity contribution in [1.29, 1.82) is 0 Å². The number of fused-ring (bicyclic) bond motifs is 11. The third kappa shape index (κ3) is 3.90. The summed E-state index contributed by atoms with van der Waals surface area (Å²) in [6.45, 7) is 0. The largest absolute Gasteiger partial charge is 0.309 e. The molecule has 0 saturated carbocycles. The van der Waals surface area contributed by atoms with Gasteiger partial charge < -0.3 is 9.13 Å². The van der Waals surface area contributed by atoms with Gasteiger partial charge in [0.15, 0.2) is 0 Å². The fourth-order valence-corrected chi connectivity index (χ4v) is 8.42. The van der Waals surface area contributed by atoms with Crippen LogP contribution in [0.4, 0.5) is 0 Å². The first-order chi connectivity index (χ1) is 24.8. The number of hydrogen-bond donors (Lipinski definition) is 0. The summed E-state index contributed by atoms with van der Waals surface area (Å²) >= 11 is 0. The lowest BCUT2D eigenvalue weighted by Gasteiger charge is -2.16. The molecule has 2 aromatic heterocycles. The summed E-state index contributed by atoms with van der Waals surface area (Å²) in [5, 5.41) is 12.7. The third-order valence-electron chi connectivity index (χ3n) is 10.7. The molecule has 2 nitrogen and oxygen atoms in total. The number of hydrogen-bond acceptors (Lipinski definition) is 0. The molecule has 232 valence electrons. The van der Waals surface area contributed by atoms with Crippen molar-refractivity contribution in [3.63, 3.8) is 0 Å². The van der Waals surface area contributed by atoms with Crippen LogP contribution in [-0.2, 0) is 0 Å². The Morgan fingerprint density at radius 1 is 0.240 bits per heavy atom. The van der Waals surface area contributed by atoms with Crippen molar-refractivity contribution in [2.75, 3.05) is 0 Å². The molecule has 9 aromatic carbocycles. The summed E-state index contributed by atoms with van der Waals surface area (Å²) in [4.78, 5) is 0. The molecule has 11 rings (SSSR count). The molecule has 0 spiro atoms. The SMILES string of the molecule is c1ccc2c(c1)ccc1c3cc(-c4cc(-n5c6ccccc6c6ccccc65)cc(-n5c6ccccc6c6ccccc65)c4)ccc3ccc21. The molecule has 0 amide bonds. The molecule has 50 heavy (non-hydrogen) atoms. The van der Waals surface area contributed by atoms with Gasteiger partial charge in [0.1, 0.15) is 0 Å². The highest BCUT2D eigenvalue weighted by atomic mass is 15.0. The molecule has 0 N–H and O–H groups in total. The van der Waals surface area contributed by atoms with Crippen molar-refractivity contribution in [2.24, 2.45) is 0 Å². The molecule has 2 heteroatoms. The van der Waals surface area contributed by atoms with Crippen LogP contribution in [0.3, 0.4) is 0 Å². The van der Waals surface area contributed by atoms with Crippen molar-refractivity contribution >= 4 is 75.9 Å². The Morgan fingerprint density at radius 2 is 0.640 bits per heavy atom. The zero-order valence-electron chi connectivity index (χ0n) is 27.2. The van der Waals surface area contributed by atoms with Crippen LogP contribution < -0.4 is 0 Å². The standard InChI is InChI=1S/C48H30N2/c1-2-12-37-31(11-1)23-26-39-38(37)25-24-32-21-22-33(29-44(32)39)34-27-35(49-45-17-7-3-13-40(45)41-14-4-8-18-46(41)49)30-36(28-34)50-47-19-9-5-15-42(47)43-16-6-10-20-48(43)50/h1-30H. The Kier molecular flexibility index (Phi) is 5.70. The van der Waals surface area contributed by atoms with E-state index in [-0.39, 0.29) is 0 Å². The number of aromatic nitrogens is 2. The van der Waals surface area contributed by atoms with Crippen molar-refractivity contribution in [3.05, 3.63) is 182 Å². The highest BCUT2D eigenvalue weighted by Crippen LogP contribution is 2.39. The Bertz CT molecular complexity index is 2920. The average Bonchev–Trinajstić information content (AvgIpc) is 3.70. The maximum absolute atomic E-state index is 2.44. The van der Waals surface area contributed by atoms with Gasteiger partial charge in [0, 0.05) is 32.9 Å². The summed E-state index contributed by atoms with van der Waals surface area (Å²) in [6, 6.07) is 67.0. The Balaban J connectivity index is 1.24. The maximum atomic E-state index is 2.44. The zero-order valence-corrected chi connectivity index (χ0v) is 27.2. The second-order valence-electron chi connectivity index (χ2n) is 13.4. The molecule has 2 heterocycles. The van der Waals surface area contributed by atoms with E-state index in [2.05, 4.69) is 191 Å². The number of para-hydroxylation sites is 4. The summed E-state index contributed by atoms with van der Waals surface area (Å²) in [6.07, 6.45) is 0. The second-order valence-corrected chi connectivity index (χ2v) is 13.4. The minimum atomic E-state index is 1.14. The first-order valence-corrected chi connectivity index (χ1v) is 17.3. The number of rotatable bonds is 3. The van der Waals surface area contributed by atoms with Crippen molar-refractivity contribution in [1.82, 2.24) is 9.13 Å². The third-order valence-corrected chi connectivity index (χ3v) is 10.7. The molecule has 0 aliphatic rings. The van der Waals surface area contributed by atoms with Crippen LogP contribution in [0.5, 0.6) is 0 Å². The quantitative estimate of drug-likeness (QED) is 0.171. The molecular formula is C48H30N2. The van der Waals surface area contributed by atoms with E-state index in [1.165, 1.54) is 87.1 Å². The van der Waals surface area contributed by atoms with Gasteiger partial charge in [-0.3, -0.25) is 0 Å². The van der Waals surface area contributed by atoms with Crippen LogP contribution in [0.15, 0.2) is 182 Å². The van der Waals surface area contributed by atoms with E-state index in [1.807, 2.05) is 0 Å². The maximum Gasteiger partial charge on any atom is 0.0541 e. The smallest absolute Gasteiger partial charge is 0.0541 e. The first-order valence-electron chi connectivity index (χ1n) is 17.3. The molecular weight excluding hydrogens is 605 g/mol. The molecule has 0 saturated heterocycles. The van der Waals surface area contributed by atoms with E-state index in [4.69, 9.17) is 0 Å². The van der Waals surface area contributed by atoms with E-state index in [0.29, 0.717) is 0 Å². The first kappa shape index (κ1) is 27.3. The van der Waals surface area contributed by atoms with Crippen LogP contribution in [-0.4, -0.2) is 9.13 Å². The summed E-state index contributed by atoms with van der Waals surface area (Å²) in [5.41, 5.74) is 9.47. The Hall–Kier alpha value is -6.64. The summed E-state index contributed by atoms with van der Waals surface area (Å²) in [7, 11) is 0. The lowest BCUT2D eigenvalue weighted by atomic mass is 9.94. The van der Waals surface area contributed by atoms with Gasteiger partial charge in [-0.1, -0.05) is 133 Å². The fourth-order valence-electron chi connectivity index (χ4n) is 8.42. The predicted molar refractivity (Wildman–Crippen MR) is 213 cm³/mol. The predicted octanol–water partition coefficient (Wildman–Crippen LogP) is 13.0. The molecule has 0 aliphatic heterocycles. The lowest BCUT2D eigenvalue weighted by Crippen LogP contribution is -2.00. The number of benzene rings is 9. The van der Waals surface area contributed by atoms with E-state index in [1.54, 1.807) is 0 Å². The van der Waals surface area contributed by atoms with E-state index >= 15 is 0 Å². The van der Waals surface area contributed by atoms with E-state index in [9.17, 15) is 0 Å². The van der Waals surface area contributed by atoms with Crippen LogP contribution >= 0.6 is 0 Å². The van der Waals surface area contributed by atoms with Gasteiger partial charge in [0.25, 0.3) is 0 Å². The van der Waals surface area contributed by atoms with Gasteiger partial charge in [0.05, 0.1) is 22.1 Å². The highest BCUT2D eigenvalue weighted by Gasteiger charge is 2.17. The van der Waals surface area contributed by atoms with Crippen LogP contribution in [0.25, 0.3) is 98.4 Å². The van der Waals surface area contributed by atoms with Crippen LogP contribution in [0, 0.1) is 0 Å². The monoisotopic (exact) mass is 634 g/mol. The van der Waals surface area contributed by atoms with Gasteiger partial charge in [-0.2, -0.15) is 0 Å². The van der Waals surface area contributed by atoms with Gasteiger partial charge in [-0.15, -0.1) is 0 Å². The van der Waals surface area contributed by atoms with Gasteiger partial charge >= 0.3 is 0 Å². The zero-order chi connectivity index (χ0) is 32.8. The molecule has 11 aromatic rings. The van der Waals surface area contributed by atoms with Gasteiger partial charge in [-0.25, -0.2) is 0 Å². The Labute approximate surface area is 288 Å². The van der Waals surface area contributed by atoms with Crippen molar-refractivity contribution in [2.45, 2.75) is 0 Å². The highest BCUT2D eigenvalue weighted by molar-refractivity contribution is 6.18. The minimum Gasteiger partial charge on any atom is -0.309 e. The fraction of sp³-hybridized carbons (Fsp3) is 0. The molecule has 0 radical (unpaired) electrons. The van der Waals surface area contributed by atoms with E-state index < -0.39 is 0 Å². The molecule has 0 aliphatic carbocycles. The topological polar surface area (TPSA) is 9.86 Å². The van der Waals surface area contributed by atoms with Gasteiger partial charge in [0.2, 0.25) is 0 Å². The molecule has 0 atom stereocenters. The number of nitrogens with zero attached hydrogens (tertiary/aromatic N) is 2. The Morgan fingerprint density at radius 3 is 1.16 bits per heavy atom. The summed E-state index contributed by atoms with van der Waals surface area (Å²) in [5.74, 6) is 0.